The summed E-state index contributed by atoms with van der Waals surface area (Å²) in [7, 11) is 1.99. The Kier molecular flexibility index (Phi) is 5.18. The molecule has 0 aromatic carbocycles. The Morgan fingerprint density at radius 3 is 3.00 bits per heavy atom. The first-order chi connectivity index (χ1) is 10.6. The van der Waals surface area contributed by atoms with Crippen LogP contribution in [0.4, 0.5) is 0 Å². The second kappa shape index (κ2) is 7.13. The Balaban J connectivity index is 1.59. The largest absolute Gasteiger partial charge is 0.334 e. The monoisotopic (exact) mass is 354 g/mol. The van der Waals surface area contributed by atoms with Crippen molar-refractivity contribution in [1.29, 1.82) is 0 Å². The topological polar surface area (TPSA) is 23.6 Å². The number of rotatable bonds is 5. The minimum atomic E-state index is 0.223. The van der Waals surface area contributed by atoms with Gasteiger partial charge in [-0.15, -0.1) is 22.7 Å². The van der Waals surface area contributed by atoms with Gasteiger partial charge in [0.2, 0.25) is 5.91 Å². The van der Waals surface area contributed by atoms with Gasteiger partial charge in [0.15, 0.2) is 0 Å². The van der Waals surface area contributed by atoms with Gasteiger partial charge in [0.25, 0.3) is 0 Å². The van der Waals surface area contributed by atoms with Crippen LogP contribution in [0, 0.1) is 0 Å². The maximum atomic E-state index is 12.6. The van der Waals surface area contributed by atoms with E-state index in [0.29, 0.717) is 6.54 Å². The molecule has 6 heteroatoms. The van der Waals surface area contributed by atoms with E-state index in [-0.39, 0.29) is 11.9 Å². The predicted molar refractivity (Wildman–Crippen MR) is 93.7 cm³/mol. The van der Waals surface area contributed by atoms with Gasteiger partial charge in [0.05, 0.1) is 16.9 Å². The maximum Gasteiger partial charge on any atom is 0.237 e. The van der Waals surface area contributed by atoms with E-state index in [1.807, 2.05) is 24.1 Å². The molecule has 2 aromatic rings. The Bertz CT molecular complexity index is 626. The zero-order valence-electron chi connectivity index (χ0n) is 12.5. The normalized spacial score (nSPS) is 18.3. The third kappa shape index (κ3) is 3.71. The minimum absolute atomic E-state index is 0.223. The lowest BCUT2D eigenvalue weighted by Gasteiger charge is -2.26. The molecule has 1 unspecified atom stereocenters. The molecule has 0 aliphatic carbocycles. The summed E-state index contributed by atoms with van der Waals surface area (Å²) in [5, 5.41) is 2.09. The van der Waals surface area contributed by atoms with E-state index < -0.39 is 0 Å². The second-order valence-electron chi connectivity index (χ2n) is 5.64. The van der Waals surface area contributed by atoms with Gasteiger partial charge in [-0.2, -0.15) is 0 Å². The lowest BCUT2D eigenvalue weighted by atomic mass is 10.2. The first kappa shape index (κ1) is 16.0. The molecule has 0 saturated carbocycles. The average Bonchev–Trinajstić information content (AvgIpc) is 3.17. The third-order valence-corrected chi connectivity index (χ3v) is 6.09. The number of likely N-dealkylation sites (N-methyl/N-ethyl adjacent to an activating group) is 1. The lowest BCUT2D eigenvalue weighted by molar-refractivity contribution is -0.133. The van der Waals surface area contributed by atoms with Crippen LogP contribution in [-0.4, -0.2) is 35.8 Å². The zero-order valence-corrected chi connectivity index (χ0v) is 14.9. The van der Waals surface area contributed by atoms with Crippen LogP contribution in [-0.2, 0) is 11.3 Å². The summed E-state index contributed by atoms with van der Waals surface area (Å²) in [6, 6.07) is 8.41. The molecule has 1 aliphatic heterocycles. The van der Waals surface area contributed by atoms with E-state index in [1.165, 1.54) is 9.75 Å². The van der Waals surface area contributed by atoms with Crippen LogP contribution in [0.15, 0.2) is 29.6 Å². The second-order valence-corrected chi connectivity index (χ2v) is 8.42. The first-order valence-corrected chi connectivity index (χ1v) is 9.46. The number of amides is 1. The van der Waals surface area contributed by atoms with Crippen molar-refractivity contribution in [3.8, 4) is 0 Å². The molecule has 1 fully saturated rings. The summed E-state index contributed by atoms with van der Waals surface area (Å²) in [4.78, 5) is 19.2. The van der Waals surface area contributed by atoms with Crippen molar-refractivity contribution < 1.29 is 4.79 Å². The highest BCUT2D eigenvalue weighted by atomic mass is 35.5. The average molecular weight is 355 g/mol. The minimum Gasteiger partial charge on any atom is -0.334 e. The SMILES string of the molecule is CN(CC(=O)N1CCCC1c1cccs1)Cc1ccc(Cl)s1. The van der Waals surface area contributed by atoms with E-state index in [4.69, 9.17) is 11.6 Å². The number of thiophene rings is 2. The summed E-state index contributed by atoms with van der Waals surface area (Å²) in [5.41, 5.74) is 0. The smallest absolute Gasteiger partial charge is 0.237 e. The van der Waals surface area contributed by atoms with Crippen molar-refractivity contribution in [2.24, 2.45) is 0 Å². The van der Waals surface area contributed by atoms with Crippen molar-refractivity contribution in [3.05, 3.63) is 43.7 Å². The Morgan fingerprint density at radius 1 is 1.45 bits per heavy atom. The molecule has 1 amide bonds. The molecule has 0 spiro atoms. The van der Waals surface area contributed by atoms with Crippen LogP contribution in [0.5, 0.6) is 0 Å². The fourth-order valence-electron chi connectivity index (χ4n) is 2.92. The molecule has 3 rings (SSSR count). The predicted octanol–water partition coefficient (Wildman–Crippen LogP) is 4.26. The van der Waals surface area contributed by atoms with Crippen molar-refractivity contribution >= 4 is 40.2 Å². The van der Waals surface area contributed by atoms with Gasteiger partial charge >= 0.3 is 0 Å². The Labute approximate surface area is 144 Å². The van der Waals surface area contributed by atoms with E-state index in [2.05, 4.69) is 22.4 Å². The molecule has 1 aliphatic rings. The van der Waals surface area contributed by atoms with Crippen LogP contribution in [0.2, 0.25) is 4.34 Å². The highest BCUT2D eigenvalue weighted by molar-refractivity contribution is 7.16. The summed E-state index contributed by atoms with van der Waals surface area (Å²) in [6.45, 7) is 2.10. The number of halogens is 1. The highest BCUT2D eigenvalue weighted by Crippen LogP contribution is 2.34. The van der Waals surface area contributed by atoms with E-state index in [9.17, 15) is 4.79 Å². The van der Waals surface area contributed by atoms with E-state index >= 15 is 0 Å². The molecule has 0 radical (unpaired) electrons. The molecular formula is C16H19ClN2OS2. The molecule has 2 aromatic heterocycles. The van der Waals surface area contributed by atoms with E-state index in [1.54, 1.807) is 22.7 Å². The molecule has 3 heterocycles. The van der Waals surface area contributed by atoms with Crippen LogP contribution in [0.3, 0.4) is 0 Å². The van der Waals surface area contributed by atoms with Crippen LogP contribution < -0.4 is 0 Å². The summed E-state index contributed by atoms with van der Waals surface area (Å²) in [5.74, 6) is 0.223. The fraction of sp³-hybridized carbons (Fsp3) is 0.438. The van der Waals surface area contributed by atoms with E-state index in [0.717, 1.165) is 30.3 Å². The van der Waals surface area contributed by atoms with Crippen molar-refractivity contribution in [1.82, 2.24) is 9.80 Å². The van der Waals surface area contributed by atoms with Crippen molar-refractivity contribution in [2.75, 3.05) is 20.1 Å². The van der Waals surface area contributed by atoms with Gasteiger partial charge in [-0.1, -0.05) is 17.7 Å². The van der Waals surface area contributed by atoms with Crippen LogP contribution >= 0.6 is 34.3 Å². The summed E-state index contributed by atoms with van der Waals surface area (Å²) >= 11 is 9.27. The molecule has 1 saturated heterocycles. The zero-order chi connectivity index (χ0) is 15.5. The van der Waals surface area contributed by atoms with Gasteiger partial charge in [0.1, 0.15) is 0 Å². The quantitative estimate of drug-likeness (QED) is 0.801. The van der Waals surface area contributed by atoms with Crippen molar-refractivity contribution in [2.45, 2.75) is 25.4 Å². The van der Waals surface area contributed by atoms with Gasteiger partial charge in [0, 0.05) is 22.8 Å². The lowest BCUT2D eigenvalue weighted by Crippen LogP contribution is -2.38. The Morgan fingerprint density at radius 2 is 2.32 bits per heavy atom. The third-order valence-electron chi connectivity index (χ3n) is 3.90. The number of hydrogen-bond donors (Lipinski definition) is 0. The van der Waals surface area contributed by atoms with Crippen LogP contribution in [0.1, 0.15) is 28.6 Å². The molecular weight excluding hydrogens is 336 g/mol. The number of likely N-dealkylation sites (tertiary alicyclic amines) is 1. The first-order valence-electron chi connectivity index (χ1n) is 7.39. The molecule has 118 valence electrons. The number of nitrogens with zero attached hydrogens (tertiary/aromatic N) is 2. The van der Waals surface area contributed by atoms with Gasteiger partial charge < -0.3 is 4.90 Å². The number of hydrogen-bond acceptors (Lipinski definition) is 4. The summed E-state index contributed by atoms with van der Waals surface area (Å²) < 4.78 is 0.798. The molecule has 0 N–H and O–H groups in total. The van der Waals surface area contributed by atoms with Gasteiger partial charge in [-0.3, -0.25) is 9.69 Å². The molecule has 3 nitrogen and oxygen atoms in total. The highest BCUT2D eigenvalue weighted by Gasteiger charge is 2.30. The van der Waals surface area contributed by atoms with Crippen molar-refractivity contribution in [3.63, 3.8) is 0 Å². The molecule has 1 atom stereocenters. The standard InChI is InChI=1S/C16H19ClN2OS2/c1-18(10-12-6-7-15(17)22-12)11-16(20)19-8-2-4-13(19)14-5-3-9-21-14/h3,5-7,9,13H,2,4,8,10-11H2,1H3. The molecule has 0 bridgehead atoms. The Hall–Kier alpha value is -0.880. The van der Waals surface area contributed by atoms with Gasteiger partial charge in [-0.25, -0.2) is 0 Å². The van der Waals surface area contributed by atoms with Gasteiger partial charge in [-0.05, 0) is 43.5 Å². The fourth-order valence-corrected chi connectivity index (χ4v) is 4.96. The maximum absolute atomic E-state index is 12.6. The molecule has 22 heavy (non-hydrogen) atoms. The number of carbonyl (C=O) groups excluding carboxylic acids is 1. The number of carbonyl (C=O) groups is 1. The summed E-state index contributed by atoms with van der Waals surface area (Å²) in [6.07, 6.45) is 2.18. The van der Waals surface area contributed by atoms with Crippen LogP contribution in [0.25, 0.3) is 0 Å².